The lowest BCUT2D eigenvalue weighted by molar-refractivity contribution is -0.113. The maximum absolute atomic E-state index is 10.8. The molecule has 0 amide bonds. The van der Waals surface area contributed by atoms with E-state index in [0.717, 1.165) is 12.0 Å². The third-order valence-electron chi connectivity index (χ3n) is 1.63. The highest BCUT2D eigenvalue weighted by Crippen LogP contribution is 2.03. The molecular weight excluding hydrogens is 128 g/mol. The van der Waals surface area contributed by atoms with Crippen molar-refractivity contribution in [2.75, 3.05) is 6.54 Å². The summed E-state index contributed by atoms with van der Waals surface area (Å²) in [6.07, 6.45) is 2.70. The highest BCUT2D eigenvalue weighted by atomic mass is 16.1. The van der Waals surface area contributed by atoms with Crippen molar-refractivity contribution in [3.05, 3.63) is 11.6 Å². The fraction of sp³-hybridized carbons (Fsp3) is 0.571. The van der Waals surface area contributed by atoms with Crippen LogP contribution in [0.4, 0.5) is 0 Å². The Morgan fingerprint density at radius 3 is 3.00 bits per heavy atom. The summed E-state index contributed by atoms with van der Waals surface area (Å²) < 4.78 is 0. The lowest BCUT2D eigenvalue weighted by Crippen LogP contribution is -2.41. The summed E-state index contributed by atoms with van der Waals surface area (Å²) in [5.74, 6) is 0.138. The van der Waals surface area contributed by atoms with Crippen LogP contribution in [0.1, 0.15) is 13.3 Å². The summed E-state index contributed by atoms with van der Waals surface area (Å²) in [6, 6.07) is 0. The molecule has 0 aromatic rings. The molecule has 0 aliphatic carbocycles. The van der Waals surface area contributed by atoms with Crippen molar-refractivity contribution >= 4 is 5.78 Å². The molecule has 0 bridgehead atoms. The maximum atomic E-state index is 10.8. The quantitative estimate of drug-likeness (QED) is 0.529. The highest BCUT2D eigenvalue weighted by Gasteiger charge is 2.11. The van der Waals surface area contributed by atoms with Crippen LogP contribution in [0.3, 0.4) is 0 Å². The molecule has 3 heteroatoms. The van der Waals surface area contributed by atoms with Gasteiger partial charge in [0.15, 0.2) is 5.78 Å². The number of rotatable bonds is 1. The Morgan fingerprint density at radius 1 is 1.90 bits per heavy atom. The molecule has 1 heterocycles. The van der Waals surface area contributed by atoms with Gasteiger partial charge in [0.05, 0.1) is 6.17 Å². The predicted molar refractivity (Wildman–Crippen MR) is 39.4 cm³/mol. The fourth-order valence-corrected chi connectivity index (χ4v) is 0.934. The molecule has 1 unspecified atom stereocenters. The zero-order chi connectivity index (χ0) is 7.56. The highest BCUT2D eigenvalue weighted by molar-refractivity contribution is 5.93. The Kier molecular flexibility index (Phi) is 2.19. The molecule has 3 N–H and O–H groups in total. The summed E-state index contributed by atoms with van der Waals surface area (Å²) >= 11 is 0. The second-order valence-electron chi connectivity index (χ2n) is 2.51. The Balaban J connectivity index is 2.56. The van der Waals surface area contributed by atoms with E-state index in [4.69, 9.17) is 5.73 Å². The number of Topliss-reactive ketones (excluding diaryl/α,β-unsaturated/α-hetero) is 1. The van der Waals surface area contributed by atoms with Gasteiger partial charge in [0.1, 0.15) is 0 Å². The summed E-state index contributed by atoms with van der Waals surface area (Å²) in [6.45, 7) is 2.20. The van der Waals surface area contributed by atoms with E-state index in [0.29, 0.717) is 6.54 Å². The van der Waals surface area contributed by atoms with Gasteiger partial charge in [-0.3, -0.25) is 10.1 Å². The van der Waals surface area contributed by atoms with Crippen molar-refractivity contribution in [3.8, 4) is 0 Å². The molecule has 0 radical (unpaired) electrons. The van der Waals surface area contributed by atoms with Crippen LogP contribution in [0.5, 0.6) is 0 Å². The van der Waals surface area contributed by atoms with Crippen molar-refractivity contribution in [3.63, 3.8) is 0 Å². The zero-order valence-corrected chi connectivity index (χ0v) is 6.05. The van der Waals surface area contributed by atoms with Crippen LogP contribution < -0.4 is 11.1 Å². The number of carbonyl (C=O) groups is 1. The Bertz CT molecular complexity index is 174. The molecule has 0 aromatic carbocycles. The van der Waals surface area contributed by atoms with Gasteiger partial charge < -0.3 is 5.73 Å². The van der Waals surface area contributed by atoms with E-state index in [1.807, 2.05) is 6.08 Å². The van der Waals surface area contributed by atoms with Crippen molar-refractivity contribution < 1.29 is 4.79 Å². The van der Waals surface area contributed by atoms with Crippen LogP contribution in [0, 0.1) is 0 Å². The first-order chi connectivity index (χ1) is 4.70. The number of ketones is 1. The topological polar surface area (TPSA) is 55.1 Å². The lowest BCUT2D eigenvalue weighted by Gasteiger charge is -2.18. The molecule has 3 nitrogen and oxygen atoms in total. The van der Waals surface area contributed by atoms with Crippen LogP contribution in [0.25, 0.3) is 0 Å². The van der Waals surface area contributed by atoms with Gasteiger partial charge in [-0.25, -0.2) is 0 Å². The molecule has 1 atom stereocenters. The molecule has 1 aliphatic rings. The van der Waals surface area contributed by atoms with Gasteiger partial charge in [-0.05, 0) is 13.3 Å². The Morgan fingerprint density at radius 2 is 2.60 bits per heavy atom. The third kappa shape index (κ3) is 1.65. The van der Waals surface area contributed by atoms with Gasteiger partial charge in [-0.1, -0.05) is 6.08 Å². The Hall–Kier alpha value is -0.670. The van der Waals surface area contributed by atoms with Crippen molar-refractivity contribution in [1.29, 1.82) is 0 Å². The van der Waals surface area contributed by atoms with Crippen molar-refractivity contribution in [1.82, 2.24) is 5.32 Å². The molecule has 0 saturated heterocycles. The van der Waals surface area contributed by atoms with Gasteiger partial charge in [0, 0.05) is 12.1 Å². The fourth-order valence-electron chi connectivity index (χ4n) is 0.934. The smallest absolute Gasteiger partial charge is 0.156 e. The van der Waals surface area contributed by atoms with Crippen molar-refractivity contribution in [2.24, 2.45) is 5.73 Å². The van der Waals surface area contributed by atoms with E-state index in [1.165, 1.54) is 0 Å². The van der Waals surface area contributed by atoms with Gasteiger partial charge in [0.2, 0.25) is 0 Å². The minimum Gasteiger partial charge on any atom is -0.316 e. The van der Waals surface area contributed by atoms with E-state index < -0.39 is 0 Å². The summed E-state index contributed by atoms with van der Waals surface area (Å²) in [5.41, 5.74) is 6.38. The number of hydrogen-bond donors (Lipinski definition) is 2. The van der Waals surface area contributed by atoms with Crippen LogP contribution in [-0.2, 0) is 4.79 Å². The summed E-state index contributed by atoms with van der Waals surface area (Å²) in [4.78, 5) is 10.8. The summed E-state index contributed by atoms with van der Waals surface area (Å²) in [7, 11) is 0. The molecule has 0 fully saturated rings. The minimum atomic E-state index is 0.0306. The molecule has 0 aromatic heterocycles. The van der Waals surface area contributed by atoms with Crippen LogP contribution in [0.2, 0.25) is 0 Å². The normalized spacial score (nSPS) is 25.8. The van der Waals surface area contributed by atoms with Gasteiger partial charge in [-0.15, -0.1) is 0 Å². The third-order valence-corrected chi connectivity index (χ3v) is 1.63. The molecule has 0 saturated carbocycles. The molecule has 1 rings (SSSR count). The van der Waals surface area contributed by atoms with Gasteiger partial charge >= 0.3 is 0 Å². The first-order valence-corrected chi connectivity index (χ1v) is 3.39. The molecule has 0 spiro atoms. The Labute approximate surface area is 60.3 Å². The van der Waals surface area contributed by atoms with Gasteiger partial charge in [-0.2, -0.15) is 0 Å². The standard InChI is InChI=1S/C7H12N2O/c1-5(10)6-2-3-7(8)9-4-6/h2,7,9H,3-4,8H2,1H3. The number of hydrogen-bond acceptors (Lipinski definition) is 3. The summed E-state index contributed by atoms with van der Waals surface area (Å²) in [5, 5.41) is 3.00. The second-order valence-corrected chi connectivity index (χ2v) is 2.51. The molecule has 1 aliphatic heterocycles. The number of nitrogens with one attached hydrogen (secondary N) is 1. The van der Waals surface area contributed by atoms with Crippen LogP contribution >= 0.6 is 0 Å². The second kappa shape index (κ2) is 2.94. The van der Waals surface area contributed by atoms with Crippen molar-refractivity contribution in [2.45, 2.75) is 19.5 Å². The number of nitrogens with two attached hydrogens (primary N) is 1. The largest absolute Gasteiger partial charge is 0.316 e. The zero-order valence-electron chi connectivity index (χ0n) is 6.05. The average Bonchev–Trinajstić information content (AvgIpc) is 1.88. The van der Waals surface area contributed by atoms with E-state index in [-0.39, 0.29) is 11.9 Å². The van der Waals surface area contributed by atoms with Crippen LogP contribution in [-0.4, -0.2) is 18.5 Å². The molecule has 10 heavy (non-hydrogen) atoms. The molecular formula is C7H12N2O. The first-order valence-electron chi connectivity index (χ1n) is 3.39. The van der Waals surface area contributed by atoms with E-state index >= 15 is 0 Å². The monoisotopic (exact) mass is 140 g/mol. The maximum Gasteiger partial charge on any atom is 0.156 e. The lowest BCUT2D eigenvalue weighted by atomic mass is 10.1. The minimum absolute atomic E-state index is 0.0306. The van der Waals surface area contributed by atoms with Gasteiger partial charge in [0.25, 0.3) is 0 Å². The van der Waals surface area contributed by atoms with Crippen LogP contribution in [0.15, 0.2) is 11.6 Å². The number of carbonyl (C=O) groups excluding carboxylic acids is 1. The first kappa shape index (κ1) is 7.44. The molecule has 56 valence electrons. The average molecular weight is 140 g/mol. The van der Waals surface area contributed by atoms with E-state index in [9.17, 15) is 4.79 Å². The predicted octanol–water partition coefficient (Wildman–Crippen LogP) is -0.220. The van der Waals surface area contributed by atoms with E-state index in [1.54, 1.807) is 6.92 Å². The van der Waals surface area contributed by atoms with E-state index in [2.05, 4.69) is 5.32 Å². The SMILES string of the molecule is CC(=O)C1=CCC(N)NC1.